The third-order valence-electron chi connectivity index (χ3n) is 5.64. The van der Waals surface area contributed by atoms with Crippen molar-refractivity contribution >= 4 is 17.4 Å². The number of fused-ring (bicyclic) bond motifs is 1. The molecule has 2 aromatic rings. The van der Waals surface area contributed by atoms with Crippen LogP contribution >= 0.6 is 0 Å². The van der Waals surface area contributed by atoms with E-state index in [1.165, 1.54) is 0 Å². The van der Waals surface area contributed by atoms with Gasteiger partial charge in [0.2, 0.25) is 0 Å². The molecule has 1 aliphatic heterocycles. The summed E-state index contributed by atoms with van der Waals surface area (Å²) in [5.74, 6) is 0.566. The fourth-order valence-corrected chi connectivity index (χ4v) is 3.95. The van der Waals surface area contributed by atoms with E-state index in [2.05, 4.69) is 33.8 Å². The first-order valence-electron chi connectivity index (χ1n) is 11.3. The Bertz CT molecular complexity index is 1050. The molecule has 0 bridgehead atoms. The Morgan fingerprint density at radius 3 is 2.45 bits per heavy atom. The Balaban J connectivity index is 1.68. The monoisotopic (exact) mass is 451 g/mol. The van der Waals surface area contributed by atoms with Gasteiger partial charge in [0, 0.05) is 29.9 Å². The second kappa shape index (κ2) is 10.1. The number of rotatable bonds is 9. The lowest BCUT2D eigenvalue weighted by Gasteiger charge is -2.23. The van der Waals surface area contributed by atoms with Gasteiger partial charge >= 0.3 is 5.97 Å². The molecule has 1 aliphatic rings. The minimum atomic E-state index is -0.583. The average molecular weight is 452 g/mol. The molecular formula is C27H33NO5. The third-order valence-corrected chi connectivity index (χ3v) is 5.64. The van der Waals surface area contributed by atoms with Gasteiger partial charge < -0.3 is 19.1 Å². The molecule has 0 saturated carbocycles. The second-order valence-electron chi connectivity index (χ2n) is 9.07. The summed E-state index contributed by atoms with van der Waals surface area (Å²) in [7, 11) is 1.94. The van der Waals surface area contributed by atoms with Gasteiger partial charge in [0.15, 0.2) is 23.9 Å². The number of anilines is 1. The third kappa shape index (κ3) is 5.38. The lowest BCUT2D eigenvalue weighted by atomic mass is 9.83. The van der Waals surface area contributed by atoms with Gasteiger partial charge in [-0.25, -0.2) is 4.79 Å². The number of hydrogen-bond donors (Lipinski definition) is 0. The molecule has 0 unspecified atom stereocenters. The normalized spacial score (nSPS) is 15.5. The number of likely N-dealkylation sites (N-methyl/N-ethyl adjacent to an activating group) is 1. The van der Waals surface area contributed by atoms with E-state index in [9.17, 15) is 9.59 Å². The number of ketones is 1. The van der Waals surface area contributed by atoms with E-state index in [0.29, 0.717) is 36.2 Å². The number of nitrogens with zero attached hydrogens (tertiary/aromatic N) is 1. The maximum Gasteiger partial charge on any atom is 0.338 e. The summed E-state index contributed by atoms with van der Waals surface area (Å²) in [4.78, 5) is 27.3. The highest BCUT2D eigenvalue weighted by Crippen LogP contribution is 2.46. The highest BCUT2D eigenvalue weighted by atomic mass is 16.5. The maximum absolute atomic E-state index is 12.7. The summed E-state index contributed by atoms with van der Waals surface area (Å²) < 4.78 is 16.7. The van der Waals surface area contributed by atoms with Crippen LogP contribution in [-0.2, 0) is 14.9 Å². The smallest absolute Gasteiger partial charge is 0.338 e. The molecule has 6 nitrogen and oxygen atoms in total. The van der Waals surface area contributed by atoms with Crippen molar-refractivity contribution in [1.29, 1.82) is 0 Å². The number of carbonyl (C=O) groups is 2. The molecule has 0 fully saturated rings. The number of benzene rings is 2. The number of esters is 1. The fraction of sp³-hybridized carbons (Fsp3) is 0.407. The Morgan fingerprint density at radius 1 is 1.06 bits per heavy atom. The van der Waals surface area contributed by atoms with Crippen LogP contribution in [0.4, 0.5) is 5.69 Å². The summed E-state index contributed by atoms with van der Waals surface area (Å²) in [6, 6.07) is 13.0. The van der Waals surface area contributed by atoms with E-state index in [4.69, 9.17) is 14.2 Å². The van der Waals surface area contributed by atoms with Gasteiger partial charge in [-0.15, -0.1) is 0 Å². The van der Waals surface area contributed by atoms with Crippen LogP contribution in [0.25, 0.3) is 0 Å². The maximum atomic E-state index is 12.7. The summed E-state index contributed by atoms with van der Waals surface area (Å²) in [6.45, 7) is 10.8. The van der Waals surface area contributed by atoms with Crippen LogP contribution in [0.3, 0.4) is 0 Å². The molecule has 1 heterocycles. The molecule has 0 saturated heterocycles. The fourth-order valence-electron chi connectivity index (χ4n) is 3.95. The SMILES string of the molecule is CCOc1cc(C(=O)OCC(=O)C=C2N(C)c3ccccc3C2(C)C)ccc1OCC(C)C. The van der Waals surface area contributed by atoms with Crippen molar-refractivity contribution in [2.75, 3.05) is 31.8 Å². The summed E-state index contributed by atoms with van der Waals surface area (Å²) in [5, 5.41) is 0. The summed E-state index contributed by atoms with van der Waals surface area (Å²) in [5.41, 5.74) is 3.09. The van der Waals surface area contributed by atoms with E-state index in [-0.39, 0.29) is 17.8 Å². The molecule has 0 aliphatic carbocycles. The zero-order valence-corrected chi connectivity index (χ0v) is 20.3. The molecule has 0 radical (unpaired) electrons. The van der Waals surface area contributed by atoms with Crippen LogP contribution in [0.1, 0.15) is 50.5 Å². The van der Waals surface area contributed by atoms with E-state index < -0.39 is 5.97 Å². The topological polar surface area (TPSA) is 65.1 Å². The van der Waals surface area contributed by atoms with Crippen LogP contribution in [0.2, 0.25) is 0 Å². The molecule has 0 amide bonds. The highest BCUT2D eigenvalue weighted by molar-refractivity contribution is 5.96. The van der Waals surface area contributed by atoms with Crippen molar-refractivity contribution in [1.82, 2.24) is 0 Å². The van der Waals surface area contributed by atoms with Crippen molar-refractivity contribution in [3.63, 3.8) is 0 Å². The van der Waals surface area contributed by atoms with E-state index >= 15 is 0 Å². The van der Waals surface area contributed by atoms with Crippen LogP contribution < -0.4 is 14.4 Å². The molecule has 33 heavy (non-hydrogen) atoms. The second-order valence-corrected chi connectivity index (χ2v) is 9.07. The van der Waals surface area contributed by atoms with E-state index in [0.717, 1.165) is 16.9 Å². The number of carbonyl (C=O) groups excluding carboxylic acids is 2. The lowest BCUT2D eigenvalue weighted by Crippen LogP contribution is -2.25. The van der Waals surface area contributed by atoms with Gasteiger partial charge in [-0.2, -0.15) is 0 Å². The molecule has 6 heteroatoms. The molecule has 3 rings (SSSR count). The Morgan fingerprint density at radius 2 is 1.79 bits per heavy atom. The quantitative estimate of drug-likeness (QED) is 0.388. The Kier molecular flexibility index (Phi) is 7.46. The number of hydrogen-bond acceptors (Lipinski definition) is 6. The molecule has 0 atom stereocenters. The molecular weight excluding hydrogens is 418 g/mol. The first kappa shape index (κ1) is 24.4. The molecule has 0 N–H and O–H groups in total. The van der Waals surface area contributed by atoms with Crippen LogP contribution in [-0.4, -0.2) is 38.6 Å². The summed E-state index contributed by atoms with van der Waals surface area (Å²) >= 11 is 0. The van der Waals surface area contributed by atoms with Gasteiger partial charge in [-0.05, 0) is 42.7 Å². The number of allylic oxidation sites excluding steroid dienone is 1. The number of ether oxygens (including phenoxy) is 3. The highest BCUT2D eigenvalue weighted by Gasteiger charge is 2.38. The minimum Gasteiger partial charge on any atom is -0.490 e. The predicted octanol–water partition coefficient (Wildman–Crippen LogP) is 5.16. The van der Waals surface area contributed by atoms with Crippen LogP contribution in [0, 0.1) is 5.92 Å². The van der Waals surface area contributed by atoms with Crippen molar-refractivity contribution in [3.8, 4) is 11.5 Å². The van der Waals surface area contributed by atoms with Gasteiger partial charge in [0.25, 0.3) is 0 Å². The van der Waals surface area contributed by atoms with Crippen LogP contribution in [0.5, 0.6) is 11.5 Å². The van der Waals surface area contributed by atoms with Gasteiger partial charge in [0.1, 0.15) is 0 Å². The van der Waals surface area contributed by atoms with Crippen molar-refractivity contribution in [2.45, 2.75) is 40.0 Å². The molecule has 2 aromatic carbocycles. The predicted molar refractivity (Wildman–Crippen MR) is 129 cm³/mol. The summed E-state index contributed by atoms with van der Waals surface area (Å²) in [6.07, 6.45) is 1.57. The molecule has 176 valence electrons. The number of para-hydroxylation sites is 1. The molecule has 0 spiro atoms. The largest absolute Gasteiger partial charge is 0.490 e. The Labute approximate surface area is 196 Å². The van der Waals surface area contributed by atoms with Crippen molar-refractivity contribution in [2.24, 2.45) is 5.92 Å². The van der Waals surface area contributed by atoms with Crippen molar-refractivity contribution < 1.29 is 23.8 Å². The van der Waals surface area contributed by atoms with Crippen molar-refractivity contribution in [3.05, 3.63) is 65.4 Å². The van der Waals surface area contributed by atoms with Gasteiger partial charge in [0.05, 0.1) is 18.8 Å². The standard InChI is InChI=1S/C27H33NO5/c1-7-31-24-14-19(12-13-23(24)32-16-18(2)3)26(30)33-17-20(29)15-25-27(4,5)21-10-8-9-11-22(21)28(25)6/h8-15,18H,7,16-17H2,1-6H3. The van der Waals surface area contributed by atoms with Gasteiger partial charge in [-0.1, -0.05) is 45.9 Å². The Hall–Kier alpha value is -3.28. The van der Waals surface area contributed by atoms with Crippen LogP contribution in [0.15, 0.2) is 54.2 Å². The average Bonchev–Trinajstić information content (AvgIpc) is 2.97. The zero-order valence-electron chi connectivity index (χ0n) is 20.3. The minimum absolute atomic E-state index is 0.270. The first-order chi connectivity index (χ1) is 15.6. The zero-order chi connectivity index (χ0) is 24.2. The first-order valence-corrected chi connectivity index (χ1v) is 11.3. The van der Waals surface area contributed by atoms with E-state index in [1.54, 1.807) is 24.3 Å². The van der Waals surface area contributed by atoms with E-state index in [1.807, 2.05) is 37.1 Å². The van der Waals surface area contributed by atoms with Gasteiger partial charge in [-0.3, -0.25) is 4.79 Å². The molecule has 0 aromatic heterocycles. The lowest BCUT2D eigenvalue weighted by molar-refractivity contribution is -0.117.